The lowest BCUT2D eigenvalue weighted by atomic mass is 10.1. The number of halogens is 6. The second kappa shape index (κ2) is 6.26. The fourth-order valence-corrected chi connectivity index (χ4v) is 2.08. The molecule has 0 amide bonds. The van der Waals surface area contributed by atoms with Crippen LogP contribution in [0.4, 0.5) is 26.3 Å². The Labute approximate surface area is 133 Å². The van der Waals surface area contributed by atoms with E-state index in [1.54, 1.807) is 0 Å². The first-order valence-corrected chi connectivity index (χ1v) is 7.01. The van der Waals surface area contributed by atoms with Gasteiger partial charge in [0.05, 0.1) is 11.0 Å². The minimum atomic E-state index is -4.68. The van der Waals surface area contributed by atoms with Crippen LogP contribution in [0.1, 0.15) is 25.2 Å². The van der Waals surface area contributed by atoms with Crippen molar-refractivity contribution in [2.24, 2.45) is 0 Å². The average Bonchev–Trinajstić information content (AvgIpc) is 2.54. The summed E-state index contributed by atoms with van der Waals surface area (Å²) in [5.41, 5.74) is -2.77. The van der Waals surface area contributed by atoms with E-state index in [1.165, 1.54) is 12.1 Å². The molecule has 0 radical (unpaired) electrons. The van der Waals surface area contributed by atoms with Crippen molar-refractivity contribution in [2.75, 3.05) is 0 Å². The normalized spacial score (nSPS) is 12.2. The Balaban J connectivity index is 0.00000100. The molecule has 0 aliphatic rings. The minimum Gasteiger partial charge on any atom is -0.241 e. The molecule has 2 nitrogen and oxygen atoms in total. The molecule has 0 fully saturated rings. The molecule has 0 saturated heterocycles. The summed E-state index contributed by atoms with van der Waals surface area (Å²) in [5.74, 6) is 0. The molecule has 8 heteroatoms. The SMILES string of the molecule is CC.FC(F)(F)c1ccc2ccc3ccc(C(F)(F)F)nc3c2n1. The highest BCUT2D eigenvalue weighted by molar-refractivity contribution is 6.02. The van der Waals surface area contributed by atoms with Crippen LogP contribution >= 0.6 is 0 Å². The first kappa shape index (κ1) is 18.0. The molecule has 3 rings (SSSR count). The molecule has 0 saturated carbocycles. The van der Waals surface area contributed by atoms with E-state index in [0.717, 1.165) is 24.3 Å². The molecule has 1 aromatic carbocycles. The number of hydrogen-bond acceptors (Lipinski definition) is 2. The number of benzene rings is 1. The molecular formula is C16H12F6N2. The highest BCUT2D eigenvalue weighted by Gasteiger charge is 2.34. The first-order chi connectivity index (χ1) is 11.2. The third-order valence-corrected chi connectivity index (χ3v) is 3.10. The van der Waals surface area contributed by atoms with Gasteiger partial charge in [0.1, 0.15) is 11.4 Å². The molecule has 0 spiro atoms. The number of fused-ring (bicyclic) bond motifs is 3. The van der Waals surface area contributed by atoms with Gasteiger partial charge >= 0.3 is 12.4 Å². The summed E-state index contributed by atoms with van der Waals surface area (Å²) in [6.45, 7) is 4.00. The lowest BCUT2D eigenvalue weighted by molar-refractivity contribution is -0.141. The standard InChI is InChI=1S/C14H6F6N2.C2H6/c15-13(16,17)9-5-3-7-1-2-8-4-6-10(14(18,19)20)22-12(8)11(7)21-9;1-2/h1-6H;1-2H3. The Morgan fingerprint density at radius 1 is 0.583 bits per heavy atom. The largest absolute Gasteiger partial charge is 0.433 e. The van der Waals surface area contributed by atoms with Gasteiger partial charge in [-0.2, -0.15) is 26.3 Å². The Morgan fingerprint density at radius 2 is 0.875 bits per heavy atom. The van der Waals surface area contributed by atoms with Gasteiger partial charge < -0.3 is 0 Å². The van der Waals surface area contributed by atoms with Crippen LogP contribution in [0, 0.1) is 0 Å². The average molecular weight is 346 g/mol. The van der Waals surface area contributed by atoms with Gasteiger partial charge in [0, 0.05) is 10.8 Å². The molecule has 24 heavy (non-hydrogen) atoms. The summed E-state index contributed by atoms with van der Waals surface area (Å²) in [7, 11) is 0. The summed E-state index contributed by atoms with van der Waals surface area (Å²) < 4.78 is 76.3. The van der Waals surface area contributed by atoms with Crippen LogP contribution in [-0.4, -0.2) is 9.97 Å². The van der Waals surface area contributed by atoms with Crippen molar-refractivity contribution in [2.45, 2.75) is 26.2 Å². The number of nitrogens with zero attached hydrogens (tertiary/aromatic N) is 2. The van der Waals surface area contributed by atoms with E-state index in [-0.39, 0.29) is 21.8 Å². The molecule has 2 aromatic heterocycles. The van der Waals surface area contributed by atoms with E-state index in [0.29, 0.717) is 0 Å². The first-order valence-electron chi connectivity index (χ1n) is 7.01. The summed E-state index contributed by atoms with van der Waals surface area (Å²) in [4.78, 5) is 6.89. The molecule has 0 bridgehead atoms. The minimum absolute atomic E-state index is 0.210. The van der Waals surface area contributed by atoms with Crippen molar-refractivity contribution in [1.82, 2.24) is 9.97 Å². The zero-order valence-corrected chi connectivity index (χ0v) is 12.6. The van der Waals surface area contributed by atoms with Crippen LogP contribution in [0.2, 0.25) is 0 Å². The number of rotatable bonds is 0. The molecule has 0 aliphatic carbocycles. The zero-order chi connectivity index (χ0) is 18.1. The molecule has 3 aromatic rings. The van der Waals surface area contributed by atoms with Gasteiger partial charge in [0.2, 0.25) is 0 Å². The van der Waals surface area contributed by atoms with Gasteiger partial charge in [-0.1, -0.05) is 38.1 Å². The predicted octanol–water partition coefficient (Wildman–Crippen LogP) is 5.85. The summed E-state index contributed by atoms with van der Waals surface area (Å²) in [5, 5.41) is 0.569. The van der Waals surface area contributed by atoms with E-state index >= 15 is 0 Å². The van der Waals surface area contributed by atoms with Crippen molar-refractivity contribution >= 4 is 21.8 Å². The fraction of sp³-hybridized carbons (Fsp3) is 0.250. The van der Waals surface area contributed by atoms with Crippen LogP contribution < -0.4 is 0 Å². The van der Waals surface area contributed by atoms with Gasteiger partial charge in [-0.3, -0.25) is 0 Å². The summed E-state index contributed by atoms with van der Waals surface area (Å²) in [6, 6.07) is 6.85. The molecule has 0 atom stereocenters. The monoisotopic (exact) mass is 346 g/mol. The van der Waals surface area contributed by atoms with Crippen molar-refractivity contribution in [1.29, 1.82) is 0 Å². The van der Waals surface area contributed by atoms with Gasteiger partial charge in [-0.25, -0.2) is 9.97 Å². The van der Waals surface area contributed by atoms with Gasteiger partial charge in [-0.15, -0.1) is 0 Å². The van der Waals surface area contributed by atoms with Gasteiger partial charge in [0.15, 0.2) is 0 Å². The van der Waals surface area contributed by atoms with Crippen LogP contribution in [0.5, 0.6) is 0 Å². The summed E-state index contributed by atoms with van der Waals surface area (Å²) in [6.07, 6.45) is -9.37. The molecule has 0 unspecified atom stereocenters. The van der Waals surface area contributed by atoms with Crippen molar-refractivity contribution < 1.29 is 26.3 Å². The van der Waals surface area contributed by atoms with E-state index in [9.17, 15) is 26.3 Å². The smallest absolute Gasteiger partial charge is 0.241 e. The molecule has 128 valence electrons. The number of alkyl halides is 6. The third-order valence-electron chi connectivity index (χ3n) is 3.10. The Kier molecular flexibility index (Phi) is 4.68. The highest BCUT2D eigenvalue weighted by Crippen LogP contribution is 2.33. The number of pyridine rings is 2. The lowest BCUT2D eigenvalue weighted by Gasteiger charge is -2.10. The second-order valence-electron chi connectivity index (χ2n) is 4.60. The Bertz CT molecular complexity index is 795. The van der Waals surface area contributed by atoms with Crippen LogP contribution in [-0.2, 0) is 12.4 Å². The number of hydrogen-bond donors (Lipinski definition) is 0. The number of aromatic nitrogens is 2. The predicted molar refractivity (Wildman–Crippen MR) is 78.4 cm³/mol. The second-order valence-corrected chi connectivity index (χ2v) is 4.60. The maximum absolute atomic E-state index is 12.7. The maximum atomic E-state index is 12.7. The van der Waals surface area contributed by atoms with Crippen LogP contribution in [0.3, 0.4) is 0 Å². The zero-order valence-electron chi connectivity index (χ0n) is 12.6. The van der Waals surface area contributed by atoms with E-state index < -0.39 is 23.7 Å². The molecular weight excluding hydrogens is 334 g/mol. The van der Waals surface area contributed by atoms with E-state index in [1.807, 2.05) is 13.8 Å². The quantitative estimate of drug-likeness (QED) is 0.377. The van der Waals surface area contributed by atoms with Crippen LogP contribution in [0.25, 0.3) is 21.8 Å². The van der Waals surface area contributed by atoms with Gasteiger partial charge in [0.25, 0.3) is 0 Å². The van der Waals surface area contributed by atoms with E-state index in [4.69, 9.17) is 0 Å². The Morgan fingerprint density at radius 3 is 1.17 bits per heavy atom. The Hall–Kier alpha value is -2.38. The molecule has 2 heterocycles. The van der Waals surface area contributed by atoms with Crippen molar-refractivity contribution in [3.63, 3.8) is 0 Å². The lowest BCUT2D eigenvalue weighted by Crippen LogP contribution is -2.09. The van der Waals surface area contributed by atoms with Crippen molar-refractivity contribution in [3.8, 4) is 0 Å². The topological polar surface area (TPSA) is 25.8 Å². The summed E-state index contributed by atoms with van der Waals surface area (Å²) >= 11 is 0. The maximum Gasteiger partial charge on any atom is 0.433 e. The van der Waals surface area contributed by atoms with E-state index in [2.05, 4.69) is 9.97 Å². The molecule has 0 N–H and O–H groups in total. The van der Waals surface area contributed by atoms with Gasteiger partial charge in [-0.05, 0) is 12.1 Å². The highest BCUT2D eigenvalue weighted by atomic mass is 19.4. The van der Waals surface area contributed by atoms with Crippen LogP contribution in [0.15, 0.2) is 36.4 Å². The fourth-order valence-electron chi connectivity index (χ4n) is 2.08. The molecule has 0 aliphatic heterocycles. The van der Waals surface area contributed by atoms with Crippen molar-refractivity contribution in [3.05, 3.63) is 47.8 Å². The third kappa shape index (κ3) is 3.42.